The van der Waals surface area contributed by atoms with Gasteiger partial charge >= 0.3 is 0 Å². The number of tetrazole rings is 1. The molecule has 1 saturated carbocycles. The molecule has 1 fully saturated rings. The van der Waals surface area contributed by atoms with Gasteiger partial charge in [-0.2, -0.15) is 4.68 Å². The van der Waals surface area contributed by atoms with Crippen LogP contribution in [0.3, 0.4) is 0 Å². The smallest absolute Gasteiger partial charge is 0.165 e. The Morgan fingerprint density at radius 2 is 1.71 bits per heavy atom. The van der Waals surface area contributed by atoms with E-state index in [1.165, 1.54) is 18.4 Å². The van der Waals surface area contributed by atoms with Crippen molar-refractivity contribution in [1.82, 2.24) is 25.2 Å². The molecule has 0 bridgehead atoms. The molecular formula is C22H20ClN5. The van der Waals surface area contributed by atoms with E-state index in [-0.39, 0.29) is 11.3 Å². The first-order chi connectivity index (χ1) is 13.8. The molecular weight excluding hydrogens is 370 g/mol. The fourth-order valence-corrected chi connectivity index (χ4v) is 4.74. The summed E-state index contributed by atoms with van der Waals surface area (Å²) in [7, 11) is 0. The van der Waals surface area contributed by atoms with E-state index in [1.54, 1.807) is 11.0 Å². The van der Waals surface area contributed by atoms with Crippen LogP contribution in [0.1, 0.15) is 37.2 Å². The maximum absolute atomic E-state index is 6.89. The van der Waals surface area contributed by atoms with Gasteiger partial charge in [-0.1, -0.05) is 61.4 Å². The van der Waals surface area contributed by atoms with E-state index in [9.17, 15) is 0 Å². The highest BCUT2D eigenvalue weighted by Crippen LogP contribution is 2.45. The topological polar surface area (TPSA) is 56.5 Å². The third kappa shape index (κ3) is 2.96. The lowest BCUT2D eigenvalue weighted by atomic mass is 9.79. The van der Waals surface area contributed by atoms with E-state index in [0.29, 0.717) is 0 Å². The van der Waals surface area contributed by atoms with Crippen molar-refractivity contribution in [1.29, 1.82) is 0 Å². The van der Waals surface area contributed by atoms with Gasteiger partial charge < -0.3 is 0 Å². The van der Waals surface area contributed by atoms with Crippen LogP contribution >= 0.6 is 11.6 Å². The monoisotopic (exact) mass is 389 g/mol. The Bertz CT molecular complexity index is 1090. The Hall–Kier alpha value is -2.79. The average molecular weight is 390 g/mol. The summed E-state index contributed by atoms with van der Waals surface area (Å²) in [5.41, 5.74) is 4.39. The number of pyridine rings is 1. The first-order valence-electron chi connectivity index (χ1n) is 9.68. The van der Waals surface area contributed by atoms with Gasteiger partial charge in [-0.15, -0.1) is 16.7 Å². The molecule has 2 unspecified atom stereocenters. The number of hydrogen-bond acceptors (Lipinski definition) is 4. The lowest BCUT2D eigenvalue weighted by Crippen LogP contribution is -2.20. The number of benzene rings is 2. The van der Waals surface area contributed by atoms with Crippen LogP contribution < -0.4 is 0 Å². The highest BCUT2D eigenvalue weighted by Gasteiger charge is 2.31. The Balaban J connectivity index is 1.89. The highest BCUT2D eigenvalue weighted by molar-refractivity contribution is 6.21. The summed E-state index contributed by atoms with van der Waals surface area (Å²) in [5, 5.41) is 13.1. The maximum Gasteiger partial charge on any atom is 0.165 e. The number of alkyl halides is 1. The molecule has 5 nitrogen and oxygen atoms in total. The van der Waals surface area contributed by atoms with Crippen LogP contribution in [-0.2, 0) is 0 Å². The molecule has 5 rings (SSSR count). The van der Waals surface area contributed by atoms with Gasteiger partial charge in [-0.05, 0) is 40.5 Å². The lowest BCUT2D eigenvalue weighted by Gasteiger charge is -2.31. The zero-order chi connectivity index (χ0) is 18.9. The van der Waals surface area contributed by atoms with Gasteiger partial charge in [0.2, 0.25) is 0 Å². The molecule has 0 amide bonds. The molecule has 2 aromatic heterocycles. The van der Waals surface area contributed by atoms with Crippen LogP contribution in [0.2, 0.25) is 0 Å². The van der Waals surface area contributed by atoms with Gasteiger partial charge in [0.15, 0.2) is 5.82 Å². The van der Waals surface area contributed by atoms with Crippen LogP contribution in [0.25, 0.3) is 27.8 Å². The number of halogens is 1. The predicted octanol–water partition coefficient (Wildman–Crippen LogP) is 5.14. The molecule has 28 heavy (non-hydrogen) atoms. The summed E-state index contributed by atoms with van der Waals surface area (Å²) < 4.78 is 1.66. The molecule has 2 heterocycles. The molecule has 6 heteroatoms. The Kier molecular flexibility index (Phi) is 4.53. The molecule has 0 saturated heterocycles. The zero-order valence-electron chi connectivity index (χ0n) is 15.4. The first kappa shape index (κ1) is 17.3. The van der Waals surface area contributed by atoms with E-state index >= 15 is 0 Å². The minimum Gasteiger partial charge on any atom is -0.228 e. The van der Waals surface area contributed by atoms with Crippen molar-refractivity contribution >= 4 is 22.5 Å². The molecule has 2 aromatic carbocycles. The molecule has 1 aliphatic rings. The molecule has 0 aliphatic heterocycles. The predicted molar refractivity (Wildman–Crippen MR) is 111 cm³/mol. The molecule has 0 radical (unpaired) electrons. The van der Waals surface area contributed by atoms with Crippen molar-refractivity contribution in [3.8, 4) is 16.9 Å². The van der Waals surface area contributed by atoms with Crippen molar-refractivity contribution < 1.29 is 0 Å². The van der Waals surface area contributed by atoms with E-state index in [1.807, 2.05) is 18.2 Å². The Labute approximate surface area is 168 Å². The van der Waals surface area contributed by atoms with E-state index in [4.69, 9.17) is 16.6 Å². The third-order valence-corrected chi connectivity index (χ3v) is 6.12. The number of hydrogen-bond donors (Lipinski definition) is 0. The second-order valence-electron chi connectivity index (χ2n) is 7.27. The van der Waals surface area contributed by atoms with Crippen molar-refractivity contribution in [2.75, 3.05) is 0 Å². The number of para-hydroxylation sites is 1. The number of aromatic nitrogens is 5. The minimum absolute atomic E-state index is 0.115. The molecule has 0 N–H and O–H groups in total. The molecule has 0 spiro atoms. The average Bonchev–Trinajstić information content (AvgIpc) is 3.28. The number of fused-ring (bicyclic) bond motifs is 1. The van der Waals surface area contributed by atoms with Crippen LogP contribution in [0.4, 0.5) is 0 Å². The van der Waals surface area contributed by atoms with Gasteiger partial charge in [0.1, 0.15) is 6.33 Å². The van der Waals surface area contributed by atoms with E-state index < -0.39 is 0 Å². The maximum atomic E-state index is 6.89. The second kappa shape index (κ2) is 7.32. The van der Waals surface area contributed by atoms with Gasteiger partial charge in [0.25, 0.3) is 0 Å². The summed E-state index contributed by atoms with van der Waals surface area (Å²) in [6, 6.07) is 18.7. The van der Waals surface area contributed by atoms with Crippen LogP contribution in [0, 0.1) is 0 Å². The quantitative estimate of drug-likeness (QED) is 0.455. The fraction of sp³-hybridized carbons (Fsp3) is 0.273. The van der Waals surface area contributed by atoms with Crippen molar-refractivity contribution in [3.63, 3.8) is 0 Å². The van der Waals surface area contributed by atoms with Gasteiger partial charge in [0, 0.05) is 22.2 Å². The lowest BCUT2D eigenvalue weighted by molar-refractivity contribution is 0.453. The summed E-state index contributed by atoms with van der Waals surface area (Å²) >= 11 is 6.89. The van der Waals surface area contributed by atoms with Gasteiger partial charge in [-0.25, -0.2) is 4.98 Å². The largest absolute Gasteiger partial charge is 0.228 e. The molecule has 140 valence electrons. The Morgan fingerprint density at radius 1 is 0.929 bits per heavy atom. The SMILES string of the molecule is ClC1CCCCC1c1c(-c2ccccc2)c(-n2cnnn2)nc2ccccc12. The Morgan fingerprint density at radius 3 is 2.50 bits per heavy atom. The summed E-state index contributed by atoms with van der Waals surface area (Å²) in [6.45, 7) is 0. The summed E-state index contributed by atoms with van der Waals surface area (Å²) in [6.07, 6.45) is 6.11. The minimum atomic E-state index is 0.115. The highest BCUT2D eigenvalue weighted by atomic mass is 35.5. The zero-order valence-corrected chi connectivity index (χ0v) is 16.1. The normalized spacial score (nSPS) is 19.8. The number of nitrogens with zero attached hydrogens (tertiary/aromatic N) is 5. The van der Waals surface area contributed by atoms with Gasteiger partial charge in [-0.3, -0.25) is 0 Å². The van der Waals surface area contributed by atoms with Crippen LogP contribution in [0.5, 0.6) is 0 Å². The van der Waals surface area contributed by atoms with Crippen molar-refractivity contribution in [2.24, 2.45) is 0 Å². The first-order valence-corrected chi connectivity index (χ1v) is 10.1. The third-order valence-electron chi connectivity index (χ3n) is 5.59. The van der Waals surface area contributed by atoms with Crippen LogP contribution in [0.15, 0.2) is 60.9 Å². The fourth-order valence-electron chi connectivity index (χ4n) is 4.33. The molecule has 2 atom stereocenters. The van der Waals surface area contributed by atoms with E-state index in [2.05, 4.69) is 51.9 Å². The number of rotatable bonds is 3. The molecule has 1 aliphatic carbocycles. The van der Waals surface area contributed by atoms with Crippen molar-refractivity contribution in [3.05, 3.63) is 66.5 Å². The van der Waals surface area contributed by atoms with Gasteiger partial charge in [0.05, 0.1) is 5.52 Å². The standard InChI is InChI=1S/C22H20ClN5/c23-18-12-6-4-10-16(18)21-17-11-5-7-13-19(17)25-22(28-14-24-26-27-28)20(21)15-8-2-1-3-9-15/h1-3,5,7-9,11,13-14,16,18H,4,6,10,12H2. The molecule has 4 aromatic rings. The summed E-state index contributed by atoms with van der Waals surface area (Å²) in [4.78, 5) is 4.95. The second-order valence-corrected chi connectivity index (χ2v) is 7.83. The van der Waals surface area contributed by atoms with Crippen LogP contribution in [-0.4, -0.2) is 30.6 Å². The van der Waals surface area contributed by atoms with E-state index in [0.717, 1.165) is 40.7 Å². The van der Waals surface area contributed by atoms with Crippen molar-refractivity contribution in [2.45, 2.75) is 37.0 Å². The summed E-state index contributed by atoms with van der Waals surface area (Å²) in [5.74, 6) is 1.02.